The molecule has 2 saturated heterocycles. The smallest absolute Gasteiger partial charge is 0.412 e. The Morgan fingerprint density at radius 3 is 2.19 bits per heavy atom. The largest absolute Gasteiger partial charge is 0.453 e. The zero-order valence-corrected chi connectivity index (χ0v) is 24.7. The minimum absolute atomic E-state index is 0.0327. The Morgan fingerprint density at radius 2 is 1.69 bits per heavy atom. The van der Waals surface area contributed by atoms with E-state index in [-0.39, 0.29) is 34.6 Å². The maximum Gasteiger partial charge on any atom is 0.412 e. The topological polar surface area (TPSA) is 130 Å². The summed E-state index contributed by atoms with van der Waals surface area (Å²) in [5, 5.41) is 13.7. The molecule has 0 aliphatic carbocycles. The van der Waals surface area contributed by atoms with E-state index >= 15 is 0 Å². The van der Waals surface area contributed by atoms with Gasteiger partial charge in [0.15, 0.2) is 6.23 Å². The first-order valence-corrected chi connectivity index (χ1v) is 16.5. The van der Waals surface area contributed by atoms with E-state index in [0.717, 1.165) is 0 Å². The van der Waals surface area contributed by atoms with Gasteiger partial charge < -0.3 is 27.5 Å². The first-order valence-electron chi connectivity index (χ1n) is 12.6. The highest BCUT2D eigenvalue weighted by molar-refractivity contribution is 6.83. The summed E-state index contributed by atoms with van der Waals surface area (Å²) in [6, 6.07) is 1.44. The number of rotatable bonds is 6. The van der Waals surface area contributed by atoms with E-state index in [1.807, 2.05) is 0 Å². The highest BCUT2D eigenvalue weighted by Crippen LogP contribution is 2.48. The summed E-state index contributed by atoms with van der Waals surface area (Å²) in [4.78, 5) is 28.1. The normalized spacial score (nSPS) is 27.7. The van der Waals surface area contributed by atoms with Gasteiger partial charge in [0.1, 0.15) is 24.1 Å². The highest BCUT2D eigenvalue weighted by Gasteiger charge is 2.61. The number of nitrogens with one attached hydrogen (secondary N) is 1. The van der Waals surface area contributed by atoms with Crippen LogP contribution in [0.25, 0.3) is 0 Å². The highest BCUT2D eigenvalue weighted by atomic mass is 28.5. The molecule has 3 rings (SSSR count). The number of hydrogen-bond acceptors (Lipinski definition) is 9. The van der Waals surface area contributed by atoms with Crippen molar-refractivity contribution >= 4 is 29.0 Å². The number of aromatic nitrogens is 2. The molecule has 2 N–H and O–H groups in total. The molecule has 0 bridgehead atoms. The lowest BCUT2D eigenvalue weighted by molar-refractivity contribution is -0.0600. The number of nitrogens with zero attached hydrogens (tertiary/aromatic N) is 2. The summed E-state index contributed by atoms with van der Waals surface area (Å²) in [5.41, 5.74) is -0.174. The molecule has 11 nitrogen and oxygen atoms in total. The lowest BCUT2D eigenvalue weighted by atomic mass is 10.1. The molecule has 1 aromatic rings. The Bertz CT molecular complexity index is 970. The number of anilines is 1. The van der Waals surface area contributed by atoms with Crippen molar-refractivity contribution < 1.29 is 32.3 Å². The van der Waals surface area contributed by atoms with Gasteiger partial charge in [-0.3, -0.25) is 9.88 Å². The molecule has 3 heterocycles. The molecule has 4 atom stereocenters. The number of aliphatic hydroxyl groups is 1. The number of carbonyl (C=O) groups excluding carboxylic acids is 1. The van der Waals surface area contributed by atoms with Gasteiger partial charge in [-0.2, -0.15) is 4.98 Å². The second kappa shape index (κ2) is 11.0. The van der Waals surface area contributed by atoms with Crippen molar-refractivity contribution in [3.05, 3.63) is 22.7 Å². The monoisotopic (exact) mass is 543 g/mol. The number of methoxy groups -OCH3 is 1. The molecule has 0 radical (unpaired) electrons. The second-order valence-electron chi connectivity index (χ2n) is 10.7. The van der Waals surface area contributed by atoms with Crippen LogP contribution in [0.5, 0.6) is 0 Å². The van der Waals surface area contributed by atoms with Crippen LogP contribution < -0.4 is 11.0 Å². The Kier molecular flexibility index (Phi) is 8.85. The number of aliphatic hydroxyl groups excluding tert-OH is 1. The van der Waals surface area contributed by atoms with Crippen molar-refractivity contribution in [3.63, 3.8) is 0 Å². The number of carbonyl (C=O) groups is 1. The molecule has 13 heteroatoms. The predicted octanol–water partition coefficient (Wildman–Crippen LogP) is 3.64. The van der Waals surface area contributed by atoms with Crippen LogP contribution in [-0.4, -0.2) is 69.9 Å². The summed E-state index contributed by atoms with van der Waals surface area (Å²) < 4.78 is 32.6. The predicted molar refractivity (Wildman–Crippen MR) is 138 cm³/mol. The average Bonchev–Trinajstić information content (AvgIpc) is 3.07. The molecule has 36 heavy (non-hydrogen) atoms. The quantitative estimate of drug-likeness (QED) is 0.516. The molecule has 1 aromatic heterocycles. The van der Waals surface area contributed by atoms with Gasteiger partial charge in [-0.25, -0.2) is 9.59 Å². The maximum absolute atomic E-state index is 12.8. The Labute approximate surface area is 214 Å². The van der Waals surface area contributed by atoms with Crippen molar-refractivity contribution in [1.29, 1.82) is 0 Å². The Hall–Kier alpha value is -1.62. The van der Waals surface area contributed by atoms with Crippen LogP contribution in [0.3, 0.4) is 0 Å². The van der Waals surface area contributed by atoms with Crippen molar-refractivity contribution in [2.45, 2.75) is 102 Å². The molecule has 1 amide bonds. The van der Waals surface area contributed by atoms with E-state index in [1.165, 1.54) is 23.9 Å². The van der Waals surface area contributed by atoms with Crippen LogP contribution in [0.15, 0.2) is 17.1 Å². The maximum atomic E-state index is 12.8. The zero-order chi connectivity index (χ0) is 27.0. The molecule has 0 saturated carbocycles. The molecule has 2 fully saturated rings. The molecular weight excluding hydrogens is 502 g/mol. The molecule has 2 aliphatic heterocycles. The fraction of sp³-hybridized carbons (Fsp3) is 0.783. The first-order chi connectivity index (χ1) is 16.8. The van der Waals surface area contributed by atoms with Crippen LogP contribution >= 0.6 is 0 Å². The fourth-order valence-corrected chi connectivity index (χ4v) is 16.4. The van der Waals surface area contributed by atoms with E-state index in [1.54, 1.807) is 0 Å². The third-order valence-electron chi connectivity index (χ3n) is 7.16. The number of hydrogen-bond donors (Lipinski definition) is 2. The minimum atomic E-state index is -2.95. The standard InChI is InChI=1S/C23H41N3O8Si2/c1-13(2)35(14(3)4)31-12-17-20(33-36(34-35,15(5)6)16(7)8)19(27)21(32-17)26-11-10-18(24-22(26)28)25-23(29)30-9/h10-11,13-17,19-21,27H,12H2,1-9H3,(H,24,25,28,29)/t17-,19-,20-,21-/m1/s1. The number of ether oxygens (including phenoxy) is 2. The summed E-state index contributed by atoms with van der Waals surface area (Å²) >= 11 is 0. The molecule has 2 aliphatic rings. The van der Waals surface area contributed by atoms with Crippen molar-refractivity contribution in [1.82, 2.24) is 9.55 Å². The Balaban J connectivity index is 2.01. The van der Waals surface area contributed by atoms with Gasteiger partial charge >= 0.3 is 28.9 Å². The Morgan fingerprint density at radius 1 is 1.11 bits per heavy atom. The second-order valence-corrected chi connectivity index (χ2v) is 19.6. The third kappa shape index (κ3) is 5.19. The van der Waals surface area contributed by atoms with Gasteiger partial charge in [0.25, 0.3) is 0 Å². The van der Waals surface area contributed by atoms with Gasteiger partial charge in [-0.1, -0.05) is 55.4 Å². The SMILES string of the molecule is COC(=O)Nc1ccn([C@@H]2O[C@@H]3CO[Si](C(C)C)(C(C)C)O[Si](C(C)C)(C(C)C)O[C@H]3[C@H]2O)c(=O)n1. The fourth-order valence-electron chi connectivity index (χ4n) is 5.20. The van der Waals surface area contributed by atoms with E-state index in [2.05, 4.69) is 70.4 Å². The summed E-state index contributed by atoms with van der Waals surface area (Å²) in [5.74, 6) is 0.0327. The van der Waals surface area contributed by atoms with Crippen LogP contribution in [-0.2, 0) is 22.4 Å². The van der Waals surface area contributed by atoms with Crippen LogP contribution in [0.1, 0.15) is 61.6 Å². The van der Waals surface area contributed by atoms with Crippen molar-refractivity contribution in [2.75, 3.05) is 19.0 Å². The number of amides is 1. The summed E-state index contributed by atoms with van der Waals surface area (Å²) in [6.45, 7) is 17.1. The van der Waals surface area contributed by atoms with Crippen molar-refractivity contribution in [3.8, 4) is 0 Å². The van der Waals surface area contributed by atoms with Gasteiger partial charge in [0.2, 0.25) is 0 Å². The van der Waals surface area contributed by atoms with Gasteiger partial charge in [0, 0.05) is 6.20 Å². The summed E-state index contributed by atoms with van der Waals surface area (Å²) in [7, 11) is -4.50. The van der Waals surface area contributed by atoms with Crippen molar-refractivity contribution in [2.24, 2.45) is 0 Å². The van der Waals surface area contributed by atoms with E-state index in [9.17, 15) is 14.7 Å². The van der Waals surface area contributed by atoms with Crippen LogP contribution in [0.4, 0.5) is 10.6 Å². The van der Waals surface area contributed by atoms with E-state index in [4.69, 9.17) is 17.7 Å². The van der Waals surface area contributed by atoms with Gasteiger partial charge in [0.05, 0.1) is 13.7 Å². The van der Waals surface area contributed by atoms with Gasteiger partial charge in [-0.15, -0.1) is 0 Å². The lowest BCUT2D eigenvalue weighted by Gasteiger charge is -2.51. The third-order valence-corrected chi connectivity index (χ3v) is 17.4. The zero-order valence-electron chi connectivity index (χ0n) is 22.7. The van der Waals surface area contributed by atoms with E-state index < -0.39 is 53.4 Å². The molecule has 0 unspecified atom stereocenters. The minimum Gasteiger partial charge on any atom is -0.453 e. The number of fused-ring (bicyclic) bond motifs is 1. The van der Waals surface area contributed by atoms with E-state index in [0.29, 0.717) is 0 Å². The summed E-state index contributed by atoms with van der Waals surface area (Å²) in [6.07, 6.45) is -2.85. The average molecular weight is 544 g/mol. The molecule has 0 spiro atoms. The molecular formula is C23H41N3O8Si2. The van der Waals surface area contributed by atoms with Crippen LogP contribution in [0.2, 0.25) is 22.2 Å². The molecule has 0 aromatic carbocycles. The van der Waals surface area contributed by atoms with Gasteiger partial charge in [-0.05, 0) is 28.2 Å². The first kappa shape index (κ1) is 28.9. The lowest BCUT2D eigenvalue weighted by Crippen LogP contribution is -2.65. The molecule has 204 valence electrons. The van der Waals surface area contributed by atoms with Crippen LogP contribution in [0, 0.1) is 0 Å².